The number of aliphatic hydroxyl groups excluding tert-OH is 1. The summed E-state index contributed by atoms with van der Waals surface area (Å²) in [5.74, 6) is -1.06. The highest BCUT2D eigenvalue weighted by Gasteiger charge is 2.20. The van der Waals surface area contributed by atoms with Crippen LogP contribution in [0, 0.1) is 0 Å². The molecule has 3 N–H and O–H groups in total. The second kappa shape index (κ2) is 7.83. The van der Waals surface area contributed by atoms with E-state index in [0.29, 0.717) is 24.8 Å². The SMILES string of the molecule is C[C@H]1C/C=C/[C@H](O)CCC/C=C/c2cc(O)cc(O)c2C(=O)O1. The number of aliphatic hydroxyl groups is 1. The number of fused-ring (bicyclic) bond motifs is 1. The molecule has 0 aliphatic carbocycles. The molecule has 23 heavy (non-hydrogen) atoms. The highest BCUT2D eigenvalue weighted by atomic mass is 16.5. The number of carbonyl (C=O) groups is 1. The predicted molar refractivity (Wildman–Crippen MR) is 87.3 cm³/mol. The number of phenols is 2. The number of esters is 1. The van der Waals surface area contributed by atoms with Crippen LogP contribution < -0.4 is 0 Å². The minimum Gasteiger partial charge on any atom is -0.508 e. The van der Waals surface area contributed by atoms with E-state index in [2.05, 4.69) is 0 Å². The van der Waals surface area contributed by atoms with Gasteiger partial charge in [0.15, 0.2) is 0 Å². The normalized spacial score (nSPS) is 25.7. The Hall–Kier alpha value is -2.27. The summed E-state index contributed by atoms with van der Waals surface area (Å²) in [7, 11) is 0. The Balaban J connectivity index is 2.34. The average Bonchev–Trinajstić information content (AvgIpc) is 2.45. The maximum Gasteiger partial charge on any atom is 0.342 e. The maximum absolute atomic E-state index is 12.3. The number of rotatable bonds is 0. The van der Waals surface area contributed by atoms with Crippen LogP contribution in [0.25, 0.3) is 6.08 Å². The van der Waals surface area contributed by atoms with Gasteiger partial charge in [-0.1, -0.05) is 24.3 Å². The first kappa shape index (κ1) is 17.1. The lowest BCUT2D eigenvalue weighted by atomic mass is 10.0. The second-order valence-corrected chi connectivity index (χ2v) is 5.71. The standard InChI is InChI=1S/C18H22O5/c1-12-6-5-9-14(19)8-4-2-3-7-13-10-15(20)11-16(21)17(13)18(22)23-12/h3,5,7,9-12,14,19-21H,2,4,6,8H2,1H3/b7-3+,9-5+/t12-,14+/m0/s1. The topological polar surface area (TPSA) is 87.0 Å². The molecule has 2 rings (SSSR count). The van der Waals surface area contributed by atoms with E-state index < -0.39 is 12.1 Å². The van der Waals surface area contributed by atoms with Gasteiger partial charge in [0.2, 0.25) is 0 Å². The van der Waals surface area contributed by atoms with Crippen molar-refractivity contribution in [1.82, 2.24) is 0 Å². The average molecular weight is 318 g/mol. The third-order valence-electron chi connectivity index (χ3n) is 3.64. The van der Waals surface area contributed by atoms with Gasteiger partial charge in [-0.2, -0.15) is 0 Å². The fraction of sp³-hybridized carbons (Fsp3) is 0.389. The van der Waals surface area contributed by atoms with Gasteiger partial charge in [0, 0.05) is 12.5 Å². The van der Waals surface area contributed by atoms with Crippen molar-refractivity contribution in [3.8, 4) is 11.5 Å². The van der Waals surface area contributed by atoms with E-state index in [1.54, 1.807) is 25.2 Å². The first-order chi connectivity index (χ1) is 11.0. The van der Waals surface area contributed by atoms with Crippen LogP contribution in [0.2, 0.25) is 0 Å². The van der Waals surface area contributed by atoms with Crippen molar-refractivity contribution in [3.63, 3.8) is 0 Å². The number of hydrogen-bond acceptors (Lipinski definition) is 5. The molecule has 0 amide bonds. The van der Waals surface area contributed by atoms with Gasteiger partial charge in [-0.15, -0.1) is 0 Å². The quantitative estimate of drug-likeness (QED) is 0.505. The van der Waals surface area contributed by atoms with E-state index in [0.717, 1.165) is 12.5 Å². The van der Waals surface area contributed by atoms with Crippen LogP contribution in [0.1, 0.15) is 48.5 Å². The fourth-order valence-electron chi connectivity index (χ4n) is 2.46. The van der Waals surface area contributed by atoms with Crippen LogP contribution in [-0.4, -0.2) is 33.5 Å². The van der Waals surface area contributed by atoms with Crippen molar-refractivity contribution < 1.29 is 24.9 Å². The Morgan fingerprint density at radius 3 is 2.78 bits per heavy atom. The minimum atomic E-state index is -0.638. The number of allylic oxidation sites excluding steroid dienone is 1. The summed E-state index contributed by atoms with van der Waals surface area (Å²) in [4.78, 5) is 12.3. The molecule has 1 aliphatic rings. The molecule has 0 saturated heterocycles. The van der Waals surface area contributed by atoms with Crippen molar-refractivity contribution in [3.05, 3.63) is 41.5 Å². The smallest absolute Gasteiger partial charge is 0.342 e. The first-order valence-electron chi connectivity index (χ1n) is 7.75. The Labute approximate surface area is 135 Å². The molecule has 1 heterocycles. The zero-order valence-electron chi connectivity index (χ0n) is 13.1. The third kappa shape index (κ3) is 4.86. The molecule has 0 aromatic heterocycles. The van der Waals surface area contributed by atoms with Crippen LogP contribution in [0.4, 0.5) is 0 Å². The van der Waals surface area contributed by atoms with Gasteiger partial charge >= 0.3 is 5.97 Å². The van der Waals surface area contributed by atoms with Gasteiger partial charge in [-0.05, 0) is 37.8 Å². The van der Waals surface area contributed by atoms with Crippen molar-refractivity contribution >= 4 is 12.0 Å². The summed E-state index contributed by atoms with van der Waals surface area (Å²) in [6.45, 7) is 1.74. The molecule has 0 fully saturated rings. The van der Waals surface area contributed by atoms with Crippen LogP contribution in [-0.2, 0) is 4.74 Å². The highest BCUT2D eigenvalue weighted by molar-refractivity contribution is 5.97. The lowest BCUT2D eigenvalue weighted by molar-refractivity contribution is 0.0344. The monoisotopic (exact) mass is 318 g/mol. The zero-order chi connectivity index (χ0) is 16.8. The molecule has 0 spiro atoms. The molecule has 0 saturated carbocycles. The number of aromatic hydroxyl groups is 2. The summed E-state index contributed by atoms with van der Waals surface area (Å²) >= 11 is 0. The van der Waals surface area contributed by atoms with E-state index in [4.69, 9.17) is 4.74 Å². The van der Waals surface area contributed by atoms with E-state index in [-0.39, 0.29) is 23.2 Å². The second-order valence-electron chi connectivity index (χ2n) is 5.71. The van der Waals surface area contributed by atoms with Crippen LogP contribution in [0.15, 0.2) is 30.4 Å². The van der Waals surface area contributed by atoms with Crippen molar-refractivity contribution in [2.45, 2.75) is 44.8 Å². The van der Waals surface area contributed by atoms with Crippen LogP contribution in [0.5, 0.6) is 11.5 Å². The number of cyclic esters (lactones) is 1. The van der Waals surface area contributed by atoms with Gasteiger partial charge < -0.3 is 20.1 Å². The third-order valence-corrected chi connectivity index (χ3v) is 3.64. The number of benzene rings is 1. The summed E-state index contributed by atoms with van der Waals surface area (Å²) < 4.78 is 5.33. The molecule has 0 unspecified atom stereocenters. The van der Waals surface area contributed by atoms with Gasteiger partial charge in [-0.3, -0.25) is 0 Å². The number of ether oxygens (including phenoxy) is 1. The molecule has 0 radical (unpaired) electrons. The molecule has 1 aromatic rings. The Bertz CT molecular complexity index is 618. The minimum absolute atomic E-state index is 0.0481. The zero-order valence-corrected chi connectivity index (χ0v) is 13.1. The number of carbonyl (C=O) groups excluding carboxylic acids is 1. The van der Waals surface area contributed by atoms with Crippen molar-refractivity contribution in [1.29, 1.82) is 0 Å². The Morgan fingerprint density at radius 2 is 2.00 bits per heavy atom. The molecular weight excluding hydrogens is 296 g/mol. The molecule has 0 bridgehead atoms. The lowest BCUT2D eigenvalue weighted by Crippen LogP contribution is -2.16. The van der Waals surface area contributed by atoms with Crippen molar-refractivity contribution in [2.75, 3.05) is 0 Å². The summed E-state index contributed by atoms with van der Waals surface area (Å²) in [5, 5.41) is 29.4. The van der Waals surface area contributed by atoms with E-state index in [1.165, 1.54) is 6.07 Å². The van der Waals surface area contributed by atoms with Gasteiger partial charge in [0.25, 0.3) is 0 Å². The maximum atomic E-state index is 12.3. The summed E-state index contributed by atoms with van der Waals surface area (Å²) in [6.07, 6.45) is 8.76. The largest absolute Gasteiger partial charge is 0.508 e. The Morgan fingerprint density at radius 1 is 1.22 bits per heavy atom. The van der Waals surface area contributed by atoms with Gasteiger partial charge in [0.1, 0.15) is 23.2 Å². The predicted octanol–water partition coefficient (Wildman–Crippen LogP) is 3.15. The van der Waals surface area contributed by atoms with Gasteiger partial charge in [-0.25, -0.2) is 4.79 Å². The lowest BCUT2D eigenvalue weighted by Gasteiger charge is -2.15. The van der Waals surface area contributed by atoms with Crippen LogP contribution >= 0.6 is 0 Å². The number of phenolic OH excluding ortho intramolecular Hbond substituents is 2. The van der Waals surface area contributed by atoms with E-state index in [9.17, 15) is 20.1 Å². The van der Waals surface area contributed by atoms with Gasteiger partial charge in [0.05, 0.1) is 6.10 Å². The first-order valence-corrected chi connectivity index (χ1v) is 7.75. The molecule has 124 valence electrons. The molecule has 2 atom stereocenters. The molecular formula is C18H22O5. The summed E-state index contributed by atoms with van der Waals surface area (Å²) in [6, 6.07) is 2.54. The molecule has 5 nitrogen and oxygen atoms in total. The molecule has 5 heteroatoms. The number of hydrogen-bond donors (Lipinski definition) is 3. The molecule has 1 aliphatic heterocycles. The van der Waals surface area contributed by atoms with Crippen molar-refractivity contribution in [2.24, 2.45) is 0 Å². The van der Waals surface area contributed by atoms with E-state index in [1.807, 2.05) is 6.08 Å². The van der Waals surface area contributed by atoms with E-state index >= 15 is 0 Å². The fourth-order valence-corrected chi connectivity index (χ4v) is 2.46. The summed E-state index contributed by atoms with van der Waals surface area (Å²) in [5.41, 5.74) is 0.458. The Kier molecular flexibility index (Phi) is 5.82. The molecule has 1 aromatic carbocycles. The van der Waals surface area contributed by atoms with Crippen LogP contribution in [0.3, 0.4) is 0 Å². The highest BCUT2D eigenvalue weighted by Crippen LogP contribution is 2.29.